The number of nitrogens with zero attached hydrogens (tertiary/aromatic N) is 1. The predicted molar refractivity (Wildman–Crippen MR) is 55.1 cm³/mol. The lowest BCUT2D eigenvalue weighted by molar-refractivity contribution is 0.414. The molecule has 0 aliphatic carbocycles. The van der Waals surface area contributed by atoms with Crippen molar-refractivity contribution in [1.82, 2.24) is 4.98 Å². The van der Waals surface area contributed by atoms with Crippen LogP contribution in [0.15, 0.2) is 27.2 Å². The van der Waals surface area contributed by atoms with E-state index < -0.39 is 0 Å². The molecule has 0 saturated heterocycles. The number of benzene rings is 1. The van der Waals surface area contributed by atoms with Crippen LogP contribution in [0.5, 0.6) is 5.75 Å². The summed E-state index contributed by atoms with van der Waals surface area (Å²) in [6.45, 7) is 1.81. The minimum Gasteiger partial charge on any atom is -0.491 e. The largest absolute Gasteiger partial charge is 0.491 e. The summed E-state index contributed by atoms with van der Waals surface area (Å²) in [6.07, 6.45) is 1.62. The molecule has 0 aliphatic rings. The number of hydrogen-bond acceptors (Lipinski definition) is 4. The number of rotatable bonds is 1. The Morgan fingerprint density at radius 1 is 1.40 bits per heavy atom. The van der Waals surface area contributed by atoms with E-state index in [0.29, 0.717) is 22.7 Å². The van der Waals surface area contributed by atoms with Gasteiger partial charge in [-0.2, -0.15) is 0 Å². The summed E-state index contributed by atoms with van der Waals surface area (Å²) in [5, 5.41) is 0.954. The zero-order valence-electron chi connectivity index (χ0n) is 8.40. The maximum Gasteiger partial charge on any atom is 0.192 e. The van der Waals surface area contributed by atoms with Crippen LogP contribution in [0.25, 0.3) is 22.1 Å². The first-order valence-corrected chi connectivity index (χ1v) is 4.61. The zero-order chi connectivity index (χ0) is 10.4. The Bertz CT molecular complexity index is 636. The molecule has 3 rings (SSSR count). The highest BCUT2D eigenvalue weighted by atomic mass is 16.5. The highest BCUT2D eigenvalue weighted by Crippen LogP contribution is 2.34. The van der Waals surface area contributed by atoms with E-state index in [9.17, 15) is 0 Å². The maximum atomic E-state index is 5.46. The molecule has 2 aromatic heterocycles. The second-order valence-corrected chi connectivity index (χ2v) is 3.33. The third kappa shape index (κ3) is 1.05. The number of oxazole rings is 1. The fourth-order valence-corrected chi connectivity index (χ4v) is 1.76. The molecule has 0 N–H and O–H groups in total. The Morgan fingerprint density at radius 2 is 2.27 bits per heavy atom. The molecule has 0 unspecified atom stereocenters. The van der Waals surface area contributed by atoms with Crippen LogP contribution >= 0.6 is 0 Å². The average molecular weight is 203 g/mol. The van der Waals surface area contributed by atoms with Gasteiger partial charge in [0.1, 0.15) is 0 Å². The molecule has 0 aliphatic heterocycles. The normalized spacial score (nSPS) is 11.3. The molecule has 0 spiro atoms. The van der Waals surface area contributed by atoms with Gasteiger partial charge in [-0.05, 0) is 12.1 Å². The molecule has 0 atom stereocenters. The highest BCUT2D eigenvalue weighted by molar-refractivity contribution is 5.98. The minimum atomic E-state index is 0.621. The van der Waals surface area contributed by atoms with E-state index in [1.807, 2.05) is 12.1 Å². The minimum absolute atomic E-state index is 0.621. The van der Waals surface area contributed by atoms with Crippen LogP contribution in [0.2, 0.25) is 0 Å². The second kappa shape index (κ2) is 2.76. The topological polar surface area (TPSA) is 48.4 Å². The number of hydrogen-bond donors (Lipinski definition) is 0. The van der Waals surface area contributed by atoms with Crippen molar-refractivity contribution in [3.63, 3.8) is 0 Å². The molecule has 2 heterocycles. The number of aromatic nitrogens is 1. The first-order chi connectivity index (χ1) is 7.29. The van der Waals surface area contributed by atoms with Gasteiger partial charge in [0.15, 0.2) is 28.3 Å². The van der Waals surface area contributed by atoms with Gasteiger partial charge in [-0.3, -0.25) is 0 Å². The molecular formula is C11H9NO3. The Kier molecular flexibility index (Phi) is 1.54. The summed E-state index contributed by atoms with van der Waals surface area (Å²) >= 11 is 0. The fourth-order valence-electron chi connectivity index (χ4n) is 1.76. The standard InChI is InChI=1S/C11H9NO3/c1-6-12-9-8(15-6)5-7-3-4-14-10(7)11(9)13-2/h3-5H,1-2H3. The van der Waals surface area contributed by atoms with Crippen LogP contribution in [-0.4, -0.2) is 12.1 Å². The summed E-state index contributed by atoms with van der Waals surface area (Å²) in [6, 6.07) is 3.77. The van der Waals surface area contributed by atoms with Crippen LogP contribution in [0.3, 0.4) is 0 Å². The van der Waals surface area contributed by atoms with Crippen molar-refractivity contribution in [1.29, 1.82) is 0 Å². The van der Waals surface area contributed by atoms with E-state index in [1.165, 1.54) is 0 Å². The van der Waals surface area contributed by atoms with E-state index in [0.717, 1.165) is 11.0 Å². The number of methoxy groups -OCH3 is 1. The van der Waals surface area contributed by atoms with E-state index in [1.54, 1.807) is 20.3 Å². The van der Waals surface area contributed by atoms with Gasteiger partial charge < -0.3 is 13.6 Å². The van der Waals surface area contributed by atoms with Crippen LogP contribution < -0.4 is 4.74 Å². The lowest BCUT2D eigenvalue weighted by Gasteiger charge is -1.99. The molecule has 15 heavy (non-hydrogen) atoms. The molecule has 0 amide bonds. The average Bonchev–Trinajstić information content (AvgIpc) is 2.78. The molecule has 0 bridgehead atoms. The first kappa shape index (κ1) is 8.35. The number of fused-ring (bicyclic) bond motifs is 2. The number of ether oxygens (including phenoxy) is 1. The van der Waals surface area contributed by atoms with Gasteiger partial charge in [-0.25, -0.2) is 4.98 Å². The van der Waals surface area contributed by atoms with Crippen LogP contribution in [0.4, 0.5) is 0 Å². The summed E-state index contributed by atoms with van der Waals surface area (Å²) in [7, 11) is 1.60. The third-order valence-corrected chi connectivity index (χ3v) is 2.37. The van der Waals surface area contributed by atoms with Crippen molar-refractivity contribution in [2.24, 2.45) is 0 Å². The number of aryl methyl sites for hydroxylation is 1. The molecule has 0 fully saturated rings. The van der Waals surface area contributed by atoms with Gasteiger partial charge in [0, 0.05) is 12.3 Å². The van der Waals surface area contributed by atoms with E-state index in [4.69, 9.17) is 13.6 Å². The molecular weight excluding hydrogens is 194 g/mol. The van der Waals surface area contributed by atoms with Crippen LogP contribution in [-0.2, 0) is 0 Å². The fraction of sp³-hybridized carbons (Fsp3) is 0.182. The van der Waals surface area contributed by atoms with Crippen molar-refractivity contribution in [2.75, 3.05) is 7.11 Å². The molecule has 0 saturated carbocycles. The van der Waals surface area contributed by atoms with Gasteiger partial charge in [0.25, 0.3) is 0 Å². The molecule has 4 heteroatoms. The smallest absolute Gasteiger partial charge is 0.192 e. The van der Waals surface area contributed by atoms with Crippen molar-refractivity contribution < 1.29 is 13.6 Å². The van der Waals surface area contributed by atoms with E-state index in [-0.39, 0.29) is 0 Å². The van der Waals surface area contributed by atoms with Crippen molar-refractivity contribution in [3.05, 3.63) is 24.3 Å². The Balaban J connectivity index is 2.56. The maximum absolute atomic E-state index is 5.46. The van der Waals surface area contributed by atoms with Gasteiger partial charge in [0.05, 0.1) is 13.4 Å². The second-order valence-electron chi connectivity index (χ2n) is 3.33. The summed E-state index contributed by atoms with van der Waals surface area (Å²) < 4.78 is 16.1. The highest BCUT2D eigenvalue weighted by Gasteiger charge is 2.15. The third-order valence-electron chi connectivity index (χ3n) is 2.37. The van der Waals surface area contributed by atoms with Gasteiger partial charge >= 0.3 is 0 Å². The van der Waals surface area contributed by atoms with Crippen LogP contribution in [0.1, 0.15) is 5.89 Å². The zero-order valence-corrected chi connectivity index (χ0v) is 8.40. The molecule has 4 nitrogen and oxygen atoms in total. The van der Waals surface area contributed by atoms with Crippen molar-refractivity contribution in [3.8, 4) is 5.75 Å². The summed E-state index contributed by atoms with van der Waals surface area (Å²) in [5.41, 5.74) is 2.13. The first-order valence-electron chi connectivity index (χ1n) is 4.61. The van der Waals surface area contributed by atoms with Gasteiger partial charge in [-0.1, -0.05) is 0 Å². The van der Waals surface area contributed by atoms with Crippen molar-refractivity contribution >= 4 is 22.1 Å². The lowest BCUT2D eigenvalue weighted by Crippen LogP contribution is -1.85. The predicted octanol–water partition coefficient (Wildman–Crippen LogP) is 2.89. The quantitative estimate of drug-likeness (QED) is 0.610. The molecule has 0 radical (unpaired) electrons. The Morgan fingerprint density at radius 3 is 3.07 bits per heavy atom. The van der Waals surface area contributed by atoms with Crippen LogP contribution in [0, 0.1) is 6.92 Å². The summed E-state index contributed by atoms with van der Waals surface area (Å²) in [5.74, 6) is 1.25. The summed E-state index contributed by atoms with van der Waals surface area (Å²) in [4.78, 5) is 4.26. The Labute approximate surface area is 85.4 Å². The van der Waals surface area contributed by atoms with E-state index >= 15 is 0 Å². The Hall–Kier alpha value is -1.97. The van der Waals surface area contributed by atoms with E-state index in [2.05, 4.69) is 4.98 Å². The SMILES string of the molecule is COc1c2nc(C)oc2cc2ccoc12. The van der Waals surface area contributed by atoms with Gasteiger partial charge in [-0.15, -0.1) is 0 Å². The number of furan rings is 1. The molecule has 3 aromatic rings. The monoisotopic (exact) mass is 203 g/mol. The molecule has 1 aromatic carbocycles. The van der Waals surface area contributed by atoms with Crippen molar-refractivity contribution in [2.45, 2.75) is 6.92 Å². The van der Waals surface area contributed by atoms with Gasteiger partial charge in [0.2, 0.25) is 0 Å². The molecule has 76 valence electrons. The lowest BCUT2D eigenvalue weighted by atomic mass is 10.2.